The second kappa shape index (κ2) is 4.93. The number of aromatic amines is 1. The van der Waals surface area contributed by atoms with Crippen molar-refractivity contribution in [2.75, 3.05) is 0 Å². The predicted octanol–water partition coefficient (Wildman–Crippen LogP) is 2.51. The molecule has 3 aromatic rings. The first kappa shape index (κ1) is 12.6. The van der Waals surface area contributed by atoms with Gasteiger partial charge in [0.15, 0.2) is 5.16 Å². The first-order valence-corrected chi connectivity index (χ1v) is 6.64. The van der Waals surface area contributed by atoms with Crippen LogP contribution in [0.1, 0.15) is 15.9 Å². The zero-order valence-corrected chi connectivity index (χ0v) is 11.3. The van der Waals surface area contributed by atoms with Gasteiger partial charge in [0.1, 0.15) is 5.03 Å². The van der Waals surface area contributed by atoms with Crippen LogP contribution in [0, 0.1) is 6.92 Å². The molecule has 0 aliphatic heterocycles. The summed E-state index contributed by atoms with van der Waals surface area (Å²) in [5.41, 5.74) is 2.98. The predicted molar refractivity (Wildman–Crippen MR) is 73.9 cm³/mol. The standard InChI is InChI=1S/C13H10N4O2S/c1-7-2-3-9-10(6-7)16-13(15-9)20-11-8(12(18)19)4-5-14-17-11/h2-6H,1H3,(H,15,16)(H,18,19). The molecule has 0 aliphatic carbocycles. The summed E-state index contributed by atoms with van der Waals surface area (Å²) in [5.74, 6) is -1.03. The van der Waals surface area contributed by atoms with Gasteiger partial charge in [-0.3, -0.25) is 0 Å². The summed E-state index contributed by atoms with van der Waals surface area (Å²) < 4.78 is 0. The van der Waals surface area contributed by atoms with E-state index >= 15 is 0 Å². The molecule has 1 aromatic carbocycles. The summed E-state index contributed by atoms with van der Waals surface area (Å²) in [6, 6.07) is 7.30. The molecule has 100 valence electrons. The zero-order valence-electron chi connectivity index (χ0n) is 10.5. The van der Waals surface area contributed by atoms with Crippen molar-refractivity contribution >= 4 is 28.8 Å². The highest BCUT2D eigenvalue weighted by atomic mass is 32.2. The molecule has 6 nitrogen and oxygen atoms in total. The largest absolute Gasteiger partial charge is 0.478 e. The lowest BCUT2D eigenvalue weighted by atomic mass is 10.2. The maximum atomic E-state index is 11.1. The molecule has 20 heavy (non-hydrogen) atoms. The smallest absolute Gasteiger partial charge is 0.338 e. The Morgan fingerprint density at radius 2 is 2.20 bits per heavy atom. The SMILES string of the molecule is Cc1ccc2nc(Sc3nnccc3C(=O)O)[nH]c2c1. The number of nitrogens with zero attached hydrogens (tertiary/aromatic N) is 3. The third-order valence-corrected chi connectivity index (χ3v) is 3.61. The monoisotopic (exact) mass is 286 g/mol. The number of nitrogens with one attached hydrogen (secondary N) is 1. The molecule has 3 rings (SSSR count). The van der Waals surface area contributed by atoms with Gasteiger partial charge in [0.25, 0.3) is 0 Å². The molecule has 0 atom stereocenters. The van der Waals surface area contributed by atoms with Crippen LogP contribution < -0.4 is 0 Å². The molecule has 0 spiro atoms. The highest BCUT2D eigenvalue weighted by Crippen LogP contribution is 2.28. The molecule has 2 N–H and O–H groups in total. The second-order valence-corrected chi connectivity index (χ2v) is 5.20. The van der Waals surface area contributed by atoms with Crippen LogP contribution in [-0.4, -0.2) is 31.2 Å². The minimum Gasteiger partial charge on any atom is -0.478 e. The van der Waals surface area contributed by atoms with E-state index in [2.05, 4.69) is 20.2 Å². The molecule has 0 saturated heterocycles. The van der Waals surface area contributed by atoms with E-state index < -0.39 is 5.97 Å². The van der Waals surface area contributed by atoms with Crippen LogP contribution in [0.5, 0.6) is 0 Å². The molecule has 0 unspecified atom stereocenters. The Kier molecular flexibility index (Phi) is 3.11. The molecule has 0 amide bonds. The summed E-state index contributed by atoms with van der Waals surface area (Å²) >= 11 is 1.15. The summed E-state index contributed by atoms with van der Waals surface area (Å²) in [4.78, 5) is 18.7. The molecule has 2 aromatic heterocycles. The van der Waals surface area contributed by atoms with Crippen LogP contribution in [0.4, 0.5) is 0 Å². The number of benzene rings is 1. The Bertz CT molecular complexity index is 800. The number of fused-ring (bicyclic) bond motifs is 1. The van der Waals surface area contributed by atoms with Crippen LogP contribution in [0.15, 0.2) is 40.6 Å². The van der Waals surface area contributed by atoms with E-state index in [-0.39, 0.29) is 5.56 Å². The van der Waals surface area contributed by atoms with Crippen LogP contribution in [0.3, 0.4) is 0 Å². The van der Waals surface area contributed by atoms with Crippen molar-refractivity contribution in [3.8, 4) is 0 Å². The average Bonchev–Trinajstić information content (AvgIpc) is 2.80. The lowest BCUT2D eigenvalue weighted by Crippen LogP contribution is -2.01. The first-order valence-electron chi connectivity index (χ1n) is 5.83. The number of carboxylic acid groups (broad SMARTS) is 1. The Balaban J connectivity index is 1.99. The van der Waals surface area contributed by atoms with Crippen molar-refractivity contribution in [1.82, 2.24) is 20.2 Å². The van der Waals surface area contributed by atoms with E-state index in [0.29, 0.717) is 10.2 Å². The van der Waals surface area contributed by atoms with E-state index in [0.717, 1.165) is 28.4 Å². The normalized spacial score (nSPS) is 10.8. The van der Waals surface area contributed by atoms with E-state index in [9.17, 15) is 4.79 Å². The Morgan fingerprint density at radius 1 is 1.35 bits per heavy atom. The Labute approximate surface area is 118 Å². The second-order valence-electron chi connectivity index (χ2n) is 4.22. The molecule has 0 fully saturated rings. The van der Waals surface area contributed by atoms with E-state index in [1.807, 2.05) is 25.1 Å². The number of imidazole rings is 1. The fourth-order valence-corrected chi connectivity index (χ4v) is 2.64. The molecular weight excluding hydrogens is 276 g/mol. The van der Waals surface area contributed by atoms with E-state index in [4.69, 9.17) is 5.11 Å². The third-order valence-electron chi connectivity index (χ3n) is 2.73. The van der Waals surface area contributed by atoms with Gasteiger partial charge in [0.2, 0.25) is 0 Å². The topological polar surface area (TPSA) is 91.8 Å². The van der Waals surface area contributed by atoms with Crippen LogP contribution >= 0.6 is 11.8 Å². The van der Waals surface area contributed by atoms with Crippen molar-refractivity contribution < 1.29 is 9.90 Å². The number of aryl methyl sites for hydroxylation is 1. The summed E-state index contributed by atoms with van der Waals surface area (Å²) in [5, 5.41) is 17.6. The van der Waals surface area contributed by atoms with Gasteiger partial charge >= 0.3 is 5.97 Å². The molecule has 0 saturated carbocycles. The fraction of sp³-hybridized carbons (Fsp3) is 0.0769. The Morgan fingerprint density at radius 3 is 3.00 bits per heavy atom. The molecule has 0 bridgehead atoms. The number of H-pyrrole nitrogens is 1. The molecular formula is C13H10N4O2S. The van der Waals surface area contributed by atoms with E-state index in [1.165, 1.54) is 12.3 Å². The van der Waals surface area contributed by atoms with Crippen molar-refractivity contribution in [2.45, 2.75) is 17.1 Å². The van der Waals surface area contributed by atoms with Gasteiger partial charge < -0.3 is 10.1 Å². The molecule has 0 radical (unpaired) electrons. The lowest BCUT2D eigenvalue weighted by Gasteiger charge is -2.00. The minimum absolute atomic E-state index is 0.113. The van der Waals surface area contributed by atoms with Crippen LogP contribution in [0.2, 0.25) is 0 Å². The number of carboxylic acids is 1. The summed E-state index contributed by atoms with van der Waals surface area (Å²) in [6.07, 6.45) is 1.36. The molecule has 0 aliphatic rings. The highest BCUT2D eigenvalue weighted by Gasteiger charge is 2.14. The molecule has 2 heterocycles. The fourth-order valence-electron chi connectivity index (χ4n) is 1.80. The van der Waals surface area contributed by atoms with Gasteiger partial charge in [-0.15, -0.1) is 5.10 Å². The van der Waals surface area contributed by atoms with Gasteiger partial charge in [-0.2, -0.15) is 5.10 Å². The van der Waals surface area contributed by atoms with E-state index in [1.54, 1.807) is 0 Å². The van der Waals surface area contributed by atoms with Gasteiger partial charge in [-0.25, -0.2) is 9.78 Å². The number of carbonyl (C=O) groups is 1. The highest BCUT2D eigenvalue weighted by molar-refractivity contribution is 7.99. The number of aromatic nitrogens is 4. The van der Waals surface area contributed by atoms with Gasteiger partial charge in [0, 0.05) is 0 Å². The zero-order chi connectivity index (χ0) is 14.1. The maximum Gasteiger partial charge on any atom is 0.338 e. The number of hydrogen-bond acceptors (Lipinski definition) is 5. The summed E-state index contributed by atoms with van der Waals surface area (Å²) in [7, 11) is 0. The molecule has 7 heteroatoms. The van der Waals surface area contributed by atoms with Gasteiger partial charge in [0.05, 0.1) is 22.8 Å². The van der Waals surface area contributed by atoms with Crippen molar-refractivity contribution in [2.24, 2.45) is 0 Å². The van der Waals surface area contributed by atoms with Gasteiger partial charge in [-0.05, 0) is 42.4 Å². The summed E-state index contributed by atoms with van der Waals surface area (Å²) in [6.45, 7) is 2.00. The number of hydrogen-bond donors (Lipinski definition) is 2. The van der Waals surface area contributed by atoms with Crippen LogP contribution in [0.25, 0.3) is 11.0 Å². The first-order chi connectivity index (χ1) is 9.63. The van der Waals surface area contributed by atoms with Crippen LogP contribution in [-0.2, 0) is 0 Å². The van der Waals surface area contributed by atoms with Crippen molar-refractivity contribution in [1.29, 1.82) is 0 Å². The lowest BCUT2D eigenvalue weighted by molar-refractivity contribution is 0.0692. The van der Waals surface area contributed by atoms with Gasteiger partial charge in [-0.1, -0.05) is 6.07 Å². The van der Waals surface area contributed by atoms with Crippen molar-refractivity contribution in [3.05, 3.63) is 41.6 Å². The third kappa shape index (κ3) is 2.35. The van der Waals surface area contributed by atoms with Crippen molar-refractivity contribution in [3.63, 3.8) is 0 Å². The number of rotatable bonds is 3. The minimum atomic E-state index is -1.03. The number of aromatic carboxylic acids is 1. The quantitative estimate of drug-likeness (QED) is 0.768. The Hall–Kier alpha value is -2.41. The maximum absolute atomic E-state index is 11.1. The average molecular weight is 286 g/mol.